The van der Waals surface area contributed by atoms with Crippen LogP contribution in [-0.2, 0) is 11.3 Å². The Bertz CT molecular complexity index is 1060. The van der Waals surface area contributed by atoms with Crippen LogP contribution >= 0.6 is 13.5 Å². The number of H-pyrrole nitrogens is 1. The summed E-state index contributed by atoms with van der Waals surface area (Å²) in [7, 11) is 1.72. The maximum Gasteiger partial charge on any atom is 0.335 e. The van der Waals surface area contributed by atoms with Gasteiger partial charge in [-0.15, -0.1) is 0 Å². The number of aryl methyl sites for hydroxylation is 1. The van der Waals surface area contributed by atoms with Gasteiger partial charge in [-0.05, 0) is 62.1 Å². The van der Waals surface area contributed by atoms with Crippen LogP contribution in [-0.4, -0.2) is 47.3 Å². The molecule has 0 radical (unpaired) electrons. The number of aromatic carboxylic acids is 1. The Morgan fingerprint density at radius 1 is 1.25 bits per heavy atom. The number of piperidine rings is 1. The molecule has 2 atom stereocenters. The highest BCUT2D eigenvalue weighted by Crippen LogP contribution is 2.37. The molecule has 0 bridgehead atoms. The second-order valence-electron chi connectivity index (χ2n) is 8.16. The van der Waals surface area contributed by atoms with E-state index < -0.39 is 5.97 Å². The second kappa shape index (κ2) is 10.4. The van der Waals surface area contributed by atoms with Gasteiger partial charge in [0.2, 0.25) is 0 Å². The molecule has 0 unspecified atom stereocenters. The number of aromatic amines is 1. The highest BCUT2D eigenvalue weighted by molar-refractivity contribution is 7.59. The molecule has 7 heteroatoms. The van der Waals surface area contributed by atoms with E-state index in [4.69, 9.17) is 9.47 Å². The number of fused-ring (bicyclic) bond motifs is 1. The van der Waals surface area contributed by atoms with E-state index in [0.717, 1.165) is 48.3 Å². The Morgan fingerprint density at radius 3 is 2.66 bits per heavy atom. The molecule has 0 spiro atoms. The van der Waals surface area contributed by atoms with Crippen LogP contribution in [0.5, 0.6) is 5.75 Å². The summed E-state index contributed by atoms with van der Waals surface area (Å²) in [6.45, 7) is 6.47. The van der Waals surface area contributed by atoms with E-state index in [9.17, 15) is 9.90 Å². The first-order valence-corrected chi connectivity index (χ1v) is 10.8. The van der Waals surface area contributed by atoms with Crippen LogP contribution < -0.4 is 4.74 Å². The van der Waals surface area contributed by atoms with Crippen molar-refractivity contribution in [3.63, 3.8) is 0 Å². The Labute approximate surface area is 196 Å². The number of likely N-dealkylation sites (tertiary alicyclic amines) is 1. The number of nitrogens with one attached hydrogen (secondary N) is 1. The number of rotatable bonds is 7. The number of ether oxygens (including phenoxy) is 2. The molecule has 1 aliphatic heterocycles. The minimum absolute atomic E-state index is 0. The van der Waals surface area contributed by atoms with Crippen LogP contribution in [0.1, 0.15) is 52.9 Å². The Kier molecular flexibility index (Phi) is 7.87. The summed E-state index contributed by atoms with van der Waals surface area (Å²) in [4.78, 5) is 17.1. The van der Waals surface area contributed by atoms with E-state index in [1.807, 2.05) is 25.3 Å². The van der Waals surface area contributed by atoms with Crippen LogP contribution in [0.15, 0.2) is 42.6 Å². The summed E-state index contributed by atoms with van der Waals surface area (Å²) in [5.74, 6) is -0.00464. The molecule has 3 aromatic rings. The SMILES string of the molecule is CCO[C@H]1CCN(Cc2c(OC)cc(C)c3[nH]ccc23)[C@H](c2ccc(C(=O)O)cc2)C1.S. The average molecular weight is 457 g/mol. The smallest absolute Gasteiger partial charge is 0.335 e. The van der Waals surface area contributed by atoms with Crippen molar-refractivity contribution in [3.05, 3.63) is 64.8 Å². The molecular weight excluding hydrogens is 424 g/mol. The van der Waals surface area contributed by atoms with Crippen LogP contribution in [0, 0.1) is 6.92 Å². The van der Waals surface area contributed by atoms with E-state index >= 15 is 0 Å². The van der Waals surface area contributed by atoms with Crippen molar-refractivity contribution >= 4 is 30.4 Å². The van der Waals surface area contributed by atoms with Crippen molar-refractivity contribution < 1.29 is 19.4 Å². The predicted molar refractivity (Wildman–Crippen MR) is 131 cm³/mol. The lowest BCUT2D eigenvalue weighted by molar-refractivity contribution is -0.0138. The van der Waals surface area contributed by atoms with E-state index in [2.05, 4.69) is 28.9 Å². The summed E-state index contributed by atoms with van der Waals surface area (Å²) in [6.07, 6.45) is 4.04. The summed E-state index contributed by atoms with van der Waals surface area (Å²) in [5.41, 5.74) is 4.90. The van der Waals surface area contributed by atoms with Crippen molar-refractivity contribution in [2.24, 2.45) is 0 Å². The quantitative estimate of drug-likeness (QED) is 0.521. The molecule has 172 valence electrons. The zero-order valence-electron chi connectivity index (χ0n) is 18.9. The third-order valence-electron chi connectivity index (χ3n) is 6.30. The fourth-order valence-electron chi connectivity index (χ4n) is 4.74. The molecule has 2 heterocycles. The number of carbonyl (C=O) groups is 1. The number of carboxylic acids is 1. The zero-order valence-corrected chi connectivity index (χ0v) is 19.9. The van der Waals surface area contributed by atoms with Gasteiger partial charge in [-0.25, -0.2) is 4.79 Å². The molecule has 0 saturated carbocycles. The van der Waals surface area contributed by atoms with E-state index in [1.165, 1.54) is 10.9 Å². The Hall–Kier alpha value is -2.48. The van der Waals surface area contributed by atoms with Gasteiger partial charge in [-0.1, -0.05) is 12.1 Å². The van der Waals surface area contributed by atoms with Gasteiger partial charge >= 0.3 is 5.97 Å². The molecule has 1 saturated heterocycles. The highest BCUT2D eigenvalue weighted by Gasteiger charge is 2.31. The summed E-state index contributed by atoms with van der Waals surface area (Å²) in [5, 5.41) is 10.4. The summed E-state index contributed by atoms with van der Waals surface area (Å²) < 4.78 is 11.7. The van der Waals surface area contributed by atoms with Crippen molar-refractivity contribution in [1.82, 2.24) is 9.88 Å². The lowest BCUT2D eigenvalue weighted by Crippen LogP contribution is -2.39. The Morgan fingerprint density at radius 2 is 2.00 bits per heavy atom. The third kappa shape index (κ3) is 4.80. The molecule has 0 amide bonds. The van der Waals surface area contributed by atoms with Crippen molar-refractivity contribution in [1.29, 1.82) is 0 Å². The van der Waals surface area contributed by atoms with E-state index in [1.54, 1.807) is 19.2 Å². The maximum atomic E-state index is 11.3. The lowest BCUT2D eigenvalue weighted by atomic mass is 9.91. The van der Waals surface area contributed by atoms with Gasteiger partial charge in [-0.3, -0.25) is 4.90 Å². The second-order valence-corrected chi connectivity index (χ2v) is 8.16. The number of aromatic nitrogens is 1. The minimum atomic E-state index is -0.904. The normalized spacial score (nSPS) is 19.0. The maximum absolute atomic E-state index is 11.3. The van der Waals surface area contributed by atoms with Gasteiger partial charge in [0, 0.05) is 48.4 Å². The highest BCUT2D eigenvalue weighted by atomic mass is 32.1. The first-order chi connectivity index (χ1) is 15.0. The standard InChI is InChI=1S/C25H30N2O4.H2S/c1-4-31-19-10-12-27(22(14-19)17-5-7-18(8-6-17)25(28)29)15-21-20-9-11-26-24(20)16(2)13-23(21)30-3;/h5-9,11,13,19,22,26H,4,10,12,14-15H2,1-3H3,(H,28,29);1H2/t19-,22-;/m0./s1. The molecule has 1 aliphatic rings. The largest absolute Gasteiger partial charge is 0.496 e. The van der Waals surface area contributed by atoms with Gasteiger partial charge in [0.25, 0.3) is 0 Å². The molecule has 2 N–H and O–H groups in total. The fraction of sp³-hybridized carbons (Fsp3) is 0.400. The number of hydrogen-bond acceptors (Lipinski definition) is 4. The summed E-state index contributed by atoms with van der Waals surface area (Å²) in [6, 6.07) is 11.6. The van der Waals surface area contributed by atoms with Crippen LogP contribution in [0.25, 0.3) is 10.9 Å². The molecular formula is C25H32N2O4S. The van der Waals surface area contributed by atoms with Gasteiger partial charge in [0.1, 0.15) is 5.75 Å². The van der Waals surface area contributed by atoms with Crippen LogP contribution in [0.2, 0.25) is 0 Å². The van der Waals surface area contributed by atoms with Crippen LogP contribution in [0.3, 0.4) is 0 Å². The number of carboxylic acid groups (broad SMARTS) is 1. The van der Waals surface area contributed by atoms with Gasteiger partial charge < -0.3 is 19.6 Å². The van der Waals surface area contributed by atoms with Gasteiger partial charge in [0.15, 0.2) is 0 Å². The molecule has 1 aromatic heterocycles. The first-order valence-electron chi connectivity index (χ1n) is 10.8. The predicted octanol–water partition coefficient (Wildman–Crippen LogP) is 5.04. The number of methoxy groups -OCH3 is 1. The van der Waals surface area contributed by atoms with Crippen molar-refractivity contribution in [2.45, 2.75) is 45.4 Å². The average Bonchev–Trinajstić information content (AvgIpc) is 3.27. The third-order valence-corrected chi connectivity index (χ3v) is 6.30. The fourth-order valence-corrected chi connectivity index (χ4v) is 4.74. The first kappa shape index (κ1) is 24.2. The lowest BCUT2D eigenvalue weighted by Gasteiger charge is -2.40. The molecule has 1 fully saturated rings. The topological polar surface area (TPSA) is 74.8 Å². The van der Waals surface area contributed by atoms with Gasteiger partial charge in [-0.2, -0.15) is 13.5 Å². The molecule has 2 aromatic carbocycles. The molecule has 32 heavy (non-hydrogen) atoms. The number of nitrogens with zero attached hydrogens (tertiary/aromatic N) is 1. The van der Waals surface area contributed by atoms with Gasteiger partial charge in [0.05, 0.1) is 18.8 Å². The van der Waals surface area contributed by atoms with Crippen molar-refractivity contribution in [2.75, 3.05) is 20.3 Å². The number of hydrogen-bond donors (Lipinski definition) is 2. The Balaban J connectivity index is 0.00000289. The van der Waals surface area contributed by atoms with E-state index in [0.29, 0.717) is 12.2 Å². The summed E-state index contributed by atoms with van der Waals surface area (Å²) >= 11 is 0. The van der Waals surface area contributed by atoms with Crippen LogP contribution in [0.4, 0.5) is 0 Å². The number of benzene rings is 2. The molecule has 0 aliphatic carbocycles. The molecule has 6 nitrogen and oxygen atoms in total. The minimum Gasteiger partial charge on any atom is -0.496 e. The van der Waals surface area contributed by atoms with E-state index in [-0.39, 0.29) is 25.6 Å². The monoisotopic (exact) mass is 456 g/mol. The zero-order chi connectivity index (χ0) is 22.0. The van der Waals surface area contributed by atoms with Crippen molar-refractivity contribution in [3.8, 4) is 5.75 Å². The molecule has 4 rings (SSSR count).